The van der Waals surface area contributed by atoms with Crippen LogP contribution in [0.5, 0.6) is 5.75 Å². The van der Waals surface area contributed by atoms with Crippen LogP contribution < -0.4 is 21.1 Å². The molecule has 2 rings (SSSR count). The predicted octanol–water partition coefficient (Wildman–Crippen LogP) is 2.16. The third-order valence-corrected chi connectivity index (χ3v) is 3.43. The number of benzene rings is 1. The maximum absolute atomic E-state index is 12.0. The Kier molecular flexibility index (Phi) is 6.22. The second kappa shape index (κ2) is 8.37. The van der Waals surface area contributed by atoms with E-state index in [0.717, 1.165) is 0 Å². The molecular formula is C16H18ClN3O4. The zero-order chi connectivity index (χ0) is 17.5. The molecule has 1 heterocycles. The second-order valence-corrected chi connectivity index (χ2v) is 5.34. The minimum absolute atomic E-state index is 0.100. The quantitative estimate of drug-likeness (QED) is 0.708. The molecule has 0 radical (unpaired) electrons. The average molecular weight is 352 g/mol. The van der Waals surface area contributed by atoms with Crippen molar-refractivity contribution < 1.29 is 18.7 Å². The van der Waals surface area contributed by atoms with Gasteiger partial charge in [-0.05, 0) is 24.3 Å². The van der Waals surface area contributed by atoms with Crippen molar-refractivity contribution in [3.63, 3.8) is 0 Å². The molecule has 7 nitrogen and oxygen atoms in total. The molecule has 1 aromatic heterocycles. The van der Waals surface area contributed by atoms with Crippen LogP contribution in [0.1, 0.15) is 22.5 Å². The van der Waals surface area contributed by atoms with Gasteiger partial charge in [-0.3, -0.25) is 9.59 Å². The lowest BCUT2D eigenvalue weighted by molar-refractivity contribution is -0.116. The van der Waals surface area contributed by atoms with Gasteiger partial charge in [0.15, 0.2) is 0 Å². The smallest absolute Gasteiger partial charge is 0.254 e. The zero-order valence-corrected chi connectivity index (χ0v) is 13.9. The lowest BCUT2D eigenvalue weighted by Gasteiger charge is -2.10. The summed E-state index contributed by atoms with van der Waals surface area (Å²) >= 11 is 5.90. The molecular weight excluding hydrogens is 334 g/mol. The van der Waals surface area contributed by atoms with E-state index in [2.05, 4.69) is 10.6 Å². The zero-order valence-electron chi connectivity index (χ0n) is 13.1. The van der Waals surface area contributed by atoms with E-state index in [4.69, 9.17) is 26.5 Å². The Hall–Kier alpha value is -2.51. The first-order valence-corrected chi connectivity index (χ1v) is 7.60. The summed E-state index contributed by atoms with van der Waals surface area (Å²) in [5, 5.41) is 5.81. The van der Waals surface area contributed by atoms with Gasteiger partial charge in [0, 0.05) is 18.0 Å². The normalized spacial score (nSPS) is 10.3. The van der Waals surface area contributed by atoms with Crippen LogP contribution in [0.4, 0.5) is 5.69 Å². The number of anilines is 1. The number of nitrogens with one attached hydrogen (secondary N) is 2. The van der Waals surface area contributed by atoms with Gasteiger partial charge in [0.1, 0.15) is 17.8 Å². The molecule has 0 saturated heterocycles. The van der Waals surface area contributed by atoms with Gasteiger partial charge in [-0.25, -0.2) is 0 Å². The van der Waals surface area contributed by atoms with Crippen molar-refractivity contribution in [2.24, 2.45) is 5.73 Å². The minimum Gasteiger partial charge on any atom is -0.495 e. The third-order valence-electron chi connectivity index (χ3n) is 3.19. The van der Waals surface area contributed by atoms with Gasteiger partial charge >= 0.3 is 0 Å². The maximum Gasteiger partial charge on any atom is 0.254 e. The Morgan fingerprint density at radius 2 is 2.12 bits per heavy atom. The summed E-state index contributed by atoms with van der Waals surface area (Å²) in [5.41, 5.74) is 6.26. The van der Waals surface area contributed by atoms with Crippen molar-refractivity contribution in [2.75, 3.05) is 19.0 Å². The topological polar surface area (TPSA) is 107 Å². The van der Waals surface area contributed by atoms with Crippen molar-refractivity contribution in [2.45, 2.75) is 13.0 Å². The summed E-state index contributed by atoms with van der Waals surface area (Å²) in [4.78, 5) is 23.8. The highest BCUT2D eigenvalue weighted by molar-refractivity contribution is 6.31. The van der Waals surface area contributed by atoms with Crippen molar-refractivity contribution in [3.05, 3.63) is 46.9 Å². The molecule has 0 aliphatic heterocycles. The monoisotopic (exact) mass is 351 g/mol. The summed E-state index contributed by atoms with van der Waals surface area (Å²) < 4.78 is 10.2. The van der Waals surface area contributed by atoms with E-state index in [1.54, 1.807) is 24.3 Å². The number of carbonyl (C=O) groups excluding carboxylic acids is 2. The molecule has 0 unspecified atom stereocenters. The number of hydrogen-bond donors (Lipinski definition) is 3. The van der Waals surface area contributed by atoms with Crippen LogP contribution in [0.2, 0.25) is 5.02 Å². The number of rotatable bonds is 7. The highest BCUT2D eigenvalue weighted by Crippen LogP contribution is 2.27. The molecule has 128 valence electrons. The first-order valence-electron chi connectivity index (χ1n) is 7.22. The molecule has 4 N–H and O–H groups in total. The summed E-state index contributed by atoms with van der Waals surface area (Å²) in [6.07, 6.45) is 1.43. The fourth-order valence-corrected chi connectivity index (χ4v) is 2.16. The predicted molar refractivity (Wildman–Crippen MR) is 90.2 cm³/mol. The number of furan rings is 1. The van der Waals surface area contributed by atoms with Crippen LogP contribution in [0.15, 0.2) is 34.9 Å². The molecule has 1 aromatic carbocycles. The Bertz CT molecular complexity index is 730. The molecule has 0 fully saturated rings. The highest BCUT2D eigenvalue weighted by Gasteiger charge is 2.11. The van der Waals surface area contributed by atoms with Gasteiger partial charge in [-0.15, -0.1) is 0 Å². The van der Waals surface area contributed by atoms with Crippen molar-refractivity contribution in [1.82, 2.24) is 5.32 Å². The lowest BCUT2D eigenvalue weighted by Crippen LogP contribution is -2.27. The van der Waals surface area contributed by atoms with Crippen LogP contribution in [0.25, 0.3) is 0 Å². The number of carbonyl (C=O) groups is 2. The van der Waals surface area contributed by atoms with Gasteiger partial charge in [0.05, 0.1) is 24.9 Å². The third kappa shape index (κ3) is 4.74. The molecule has 0 saturated carbocycles. The Morgan fingerprint density at radius 3 is 2.79 bits per heavy atom. The summed E-state index contributed by atoms with van der Waals surface area (Å²) in [6, 6.07) is 6.48. The van der Waals surface area contributed by atoms with Gasteiger partial charge in [-0.1, -0.05) is 11.6 Å². The Balaban J connectivity index is 1.83. The van der Waals surface area contributed by atoms with Crippen LogP contribution in [-0.2, 0) is 11.3 Å². The Labute approximate surface area is 144 Å². The number of hydrogen-bond acceptors (Lipinski definition) is 5. The standard InChI is InChI=1S/C16H18ClN3O4/c1-23-14-3-2-11(17)7-13(14)20-15(21)4-5-19-16(22)10-6-12(8-18)24-9-10/h2-3,6-7,9H,4-5,8,18H2,1H3,(H,19,22)(H,20,21). The fourth-order valence-electron chi connectivity index (χ4n) is 1.99. The van der Waals surface area contributed by atoms with E-state index in [1.165, 1.54) is 13.4 Å². The van der Waals surface area contributed by atoms with Crippen LogP contribution in [0.3, 0.4) is 0 Å². The second-order valence-electron chi connectivity index (χ2n) is 4.90. The number of methoxy groups -OCH3 is 1. The summed E-state index contributed by atoms with van der Waals surface area (Å²) in [6.45, 7) is 0.397. The van der Waals surface area contributed by atoms with E-state index >= 15 is 0 Å². The van der Waals surface area contributed by atoms with Crippen molar-refractivity contribution in [3.8, 4) is 5.75 Å². The molecule has 24 heavy (non-hydrogen) atoms. The van der Waals surface area contributed by atoms with Crippen molar-refractivity contribution >= 4 is 29.1 Å². The van der Waals surface area contributed by atoms with Gasteiger partial charge in [0.25, 0.3) is 5.91 Å². The van der Waals surface area contributed by atoms with Crippen molar-refractivity contribution in [1.29, 1.82) is 0 Å². The molecule has 0 bridgehead atoms. The Morgan fingerprint density at radius 1 is 1.33 bits per heavy atom. The maximum atomic E-state index is 12.0. The molecule has 2 amide bonds. The van der Waals surface area contributed by atoms with E-state index in [-0.39, 0.29) is 31.3 Å². The summed E-state index contributed by atoms with van der Waals surface area (Å²) in [5.74, 6) is 0.424. The number of halogens is 1. The SMILES string of the molecule is COc1ccc(Cl)cc1NC(=O)CCNC(=O)c1coc(CN)c1. The fraction of sp³-hybridized carbons (Fsp3) is 0.250. The van der Waals surface area contributed by atoms with Gasteiger partial charge in [0.2, 0.25) is 5.91 Å². The largest absolute Gasteiger partial charge is 0.495 e. The minimum atomic E-state index is -0.327. The first kappa shape index (κ1) is 17.8. The first-order chi connectivity index (χ1) is 11.5. The number of ether oxygens (including phenoxy) is 1. The number of amides is 2. The molecule has 0 atom stereocenters. The summed E-state index contributed by atoms with van der Waals surface area (Å²) in [7, 11) is 1.50. The van der Waals surface area contributed by atoms with Gasteiger partial charge in [-0.2, -0.15) is 0 Å². The molecule has 0 aliphatic rings. The molecule has 0 aliphatic carbocycles. The van der Waals surface area contributed by atoms with Gasteiger partial charge < -0.3 is 25.5 Å². The van der Waals surface area contributed by atoms with Crippen LogP contribution in [-0.4, -0.2) is 25.5 Å². The lowest BCUT2D eigenvalue weighted by atomic mass is 10.2. The molecule has 2 aromatic rings. The number of nitrogens with two attached hydrogens (primary N) is 1. The average Bonchev–Trinajstić information content (AvgIpc) is 3.04. The van der Waals surface area contributed by atoms with E-state index in [1.807, 2.05) is 0 Å². The van der Waals surface area contributed by atoms with E-state index < -0.39 is 0 Å². The van der Waals surface area contributed by atoms with Crippen LogP contribution >= 0.6 is 11.6 Å². The van der Waals surface area contributed by atoms with E-state index in [0.29, 0.717) is 27.8 Å². The molecule has 0 spiro atoms. The highest BCUT2D eigenvalue weighted by atomic mass is 35.5. The van der Waals surface area contributed by atoms with Crippen LogP contribution in [0, 0.1) is 0 Å². The molecule has 8 heteroatoms. The van der Waals surface area contributed by atoms with E-state index in [9.17, 15) is 9.59 Å².